The predicted molar refractivity (Wildman–Crippen MR) is 53.4 cm³/mol. The summed E-state index contributed by atoms with van der Waals surface area (Å²) in [7, 11) is 0. The van der Waals surface area contributed by atoms with Crippen LogP contribution in [0, 0.1) is 0 Å². The average molecular weight is 189 g/mol. The highest BCUT2D eigenvalue weighted by atomic mass is 16.5. The molecule has 0 saturated carbocycles. The number of benzene rings is 1. The Morgan fingerprint density at radius 1 is 1.43 bits per heavy atom. The minimum atomic E-state index is 0.00251. The van der Waals surface area contributed by atoms with Gasteiger partial charge in [-0.05, 0) is 12.1 Å². The van der Waals surface area contributed by atoms with Gasteiger partial charge < -0.3 is 9.53 Å². The van der Waals surface area contributed by atoms with E-state index in [1.54, 1.807) is 0 Å². The van der Waals surface area contributed by atoms with Crippen molar-refractivity contribution in [3.63, 3.8) is 0 Å². The Bertz CT molecular complexity index is 346. The van der Waals surface area contributed by atoms with E-state index < -0.39 is 0 Å². The molecule has 14 heavy (non-hydrogen) atoms. The Labute approximate surface area is 82.4 Å². The van der Waals surface area contributed by atoms with Crippen LogP contribution in [-0.2, 0) is 9.53 Å². The lowest BCUT2D eigenvalue weighted by atomic mass is 10.2. The van der Waals surface area contributed by atoms with Crippen LogP contribution in [0.25, 0.3) is 0 Å². The van der Waals surface area contributed by atoms with Crippen molar-refractivity contribution in [3.8, 4) is 0 Å². The van der Waals surface area contributed by atoms with Gasteiger partial charge in [-0.2, -0.15) is 0 Å². The summed E-state index contributed by atoms with van der Waals surface area (Å²) >= 11 is 0. The molecule has 0 aliphatic carbocycles. The number of hydrogen-bond acceptors (Lipinski definition) is 3. The van der Waals surface area contributed by atoms with Crippen molar-refractivity contribution < 1.29 is 9.53 Å². The van der Waals surface area contributed by atoms with E-state index in [1.807, 2.05) is 30.3 Å². The minimum Gasteiger partial charge on any atom is -0.475 e. The van der Waals surface area contributed by atoms with E-state index in [-0.39, 0.29) is 6.04 Å². The van der Waals surface area contributed by atoms with Gasteiger partial charge in [0.1, 0.15) is 12.9 Å². The van der Waals surface area contributed by atoms with Gasteiger partial charge in [0.05, 0.1) is 6.04 Å². The van der Waals surface area contributed by atoms with Gasteiger partial charge in [0, 0.05) is 12.0 Å². The molecule has 0 aromatic heterocycles. The molecule has 3 nitrogen and oxygen atoms in total. The zero-order chi connectivity index (χ0) is 9.80. The summed E-state index contributed by atoms with van der Waals surface area (Å²) in [5, 5.41) is 0. The number of aldehydes is 1. The number of hydrogen-bond donors (Lipinski definition) is 0. The molecule has 0 amide bonds. The second-order valence-electron chi connectivity index (χ2n) is 3.17. The molecule has 0 N–H and O–H groups in total. The zero-order valence-corrected chi connectivity index (χ0v) is 7.72. The van der Waals surface area contributed by atoms with Gasteiger partial charge in [-0.15, -0.1) is 0 Å². The van der Waals surface area contributed by atoms with E-state index in [2.05, 4.69) is 4.99 Å². The van der Waals surface area contributed by atoms with E-state index in [4.69, 9.17) is 4.74 Å². The third-order valence-corrected chi connectivity index (χ3v) is 2.10. The molecule has 1 aliphatic heterocycles. The fourth-order valence-electron chi connectivity index (χ4n) is 1.39. The van der Waals surface area contributed by atoms with Crippen LogP contribution >= 0.6 is 0 Å². The highest BCUT2D eigenvalue weighted by Crippen LogP contribution is 2.12. The molecule has 0 unspecified atom stereocenters. The smallest absolute Gasteiger partial charge is 0.216 e. The van der Waals surface area contributed by atoms with E-state index in [0.717, 1.165) is 11.8 Å². The van der Waals surface area contributed by atoms with E-state index in [9.17, 15) is 4.79 Å². The first-order chi connectivity index (χ1) is 6.90. The summed E-state index contributed by atoms with van der Waals surface area (Å²) < 4.78 is 5.40. The Kier molecular flexibility index (Phi) is 2.58. The Balaban J connectivity index is 2.14. The monoisotopic (exact) mass is 189 g/mol. The first-order valence-electron chi connectivity index (χ1n) is 4.60. The van der Waals surface area contributed by atoms with Crippen molar-refractivity contribution >= 4 is 12.2 Å². The maximum atomic E-state index is 10.3. The molecule has 2 rings (SSSR count). The van der Waals surface area contributed by atoms with Crippen LogP contribution in [0.3, 0.4) is 0 Å². The fraction of sp³-hybridized carbons (Fsp3) is 0.273. The molecule has 1 aromatic carbocycles. The lowest BCUT2D eigenvalue weighted by Gasteiger charge is -1.99. The Morgan fingerprint density at radius 3 is 2.93 bits per heavy atom. The normalized spacial score (nSPS) is 20.0. The van der Waals surface area contributed by atoms with E-state index >= 15 is 0 Å². The fourth-order valence-corrected chi connectivity index (χ4v) is 1.39. The second kappa shape index (κ2) is 4.05. The van der Waals surface area contributed by atoms with Gasteiger partial charge in [0.2, 0.25) is 5.90 Å². The van der Waals surface area contributed by atoms with Crippen LogP contribution in [0.1, 0.15) is 12.0 Å². The lowest BCUT2D eigenvalue weighted by Crippen LogP contribution is -2.06. The molecule has 1 aromatic rings. The minimum absolute atomic E-state index is 0.00251. The molecule has 0 saturated heterocycles. The predicted octanol–water partition coefficient (Wildman–Crippen LogP) is 1.42. The maximum Gasteiger partial charge on any atom is 0.216 e. The third-order valence-electron chi connectivity index (χ3n) is 2.10. The molecule has 0 radical (unpaired) electrons. The molecule has 0 bridgehead atoms. The summed E-state index contributed by atoms with van der Waals surface area (Å²) in [5.41, 5.74) is 0.973. The highest BCUT2D eigenvalue weighted by molar-refractivity contribution is 5.95. The molecule has 1 atom stereocenters. The molecule has 72 valence electrons. The summed E-state index contributed by atoms with van der Waals surface area (Å²) in [5.74, 6) is 0.650. The van der Waals surface area contributed by atoms with Crippen LogP contribution in [0.4, 0.5) is 0 Å². The number of nitrogens with zero attached hydrogens (tertiary/aromatic N) is 1. The number of carbonyl (C=O) groups excluding carboxylic acids is 1. The van der Waals surface area contributed by atoms with Gasteiger partial charge in [-0.25, -0.2) is 4.99 Å². The van der Waals surface area contributed by atoms with Gasteiger partial charge in [-0.3, -0.25) is 0 Å². The first-order valence-corrected chi connectivity index (χ1v) is 4.60. The molecule has 3 heteroatoms. The van der Waals surface area contributed by atoms with Crippen LogP contribution in [0.15, 0.2) is 35.3 Å². The van der Waals surface area contributed by atoms with Crippen molar-refractivity contribution in [1.82, 2.24) is 0 Å². The van der Waals surface area contributed by atoms with Crippen molar-refractivity contribution in [2.75, 3.05) is 6.61 Å². The molecular weight excluding hydrogens is 178 g/mol. The Morgan fingerprint density at radius 2 is 2.21 bits per heavy atom. The second-order valence-corrected chi connectivity index (χ2v) is 3.17. The molecule has 0 spiro atoms. The standard InChI is InChI=1S/C11H11NO2/c13-7-6-10-8-14-11(12-10)9-4-2-1-3-5-9/h1-5,7,10H,6,8H2/t10-/m0/s1. The highest BCUT2D eigenvalue weighted by Gasteiger charge is 2.18. The Hall–Kier alpha value is -1.64. The third kappa shape index (κ3) is 1.82. The van der Waals surface area contributed by atoms with Crippen molar-refractivity contribution in [2.24, 2.45) is 4.99 Å². The van der Waals surface area contributed by atoms with E-state index in [0.29, 0.717) is 18.9 Å². The molecule has 0 fully saturated rings. The van der Waals surface area contributed by atoms with Crippen LogP contribution in [-0.4, -0.2) is 24.8 Å². The largest absolute Gasteiger partial charge is 0.475 e. The SMILES string of the molecule is O=CC[C@H]1COC(c2ccccc2)=N1. The van der Waals surface area contributed by atoms with Crippen molar-refractivity contribution in [3.05, 3.63) is 35.9 Å². The lowest BCUT2D eigenvalue weighted by molar-refractivity contribution is -0.108. The van der Waals surface area contributed by atoms with E-state index in [1.165, 1.54) is 0 Å². The van der Waals surface area contributed by atoms with Crippen molar-refractivity contribution in [2.45, 2.75) is 12.5 Å². The molecule has 1 aliphatic rings. The van der Waals surface area contributed by atoms with Crippen LogP contribution < -0.4 is 0 Å². The zero-order valence-electron chi connectivity index (χ0n) is 7.72. The van der Waals surface area contributed by atoms with Crippen molar-refractivity contribution in [1.29, 1.82) is 0 Å². The van der Waals surface area contributed by atoms with Gasteiger partial charge in [0.15, 0.2) is 0 Å². The summed E-state index contributed by atoms with van der Waals surface area (Å²) in [6.07, 6.45) is 1.32. The molecular formula is C11H11NO2. The topological polar surface area (TPSA) is 38.7 Å². The number of ether oxygens (including phenoxy) is 1. The number of aliphatic imine (C=N–C) groups is 1. The number of rotatable bonds is 3. The van der Waals surface area contributed by atoms with Crippen LogP contribution in [0.5, 0.6) is 0 Å². The summed E-state index contributed by atoms with van der Waals surface area (Å²) in [4.78, 5) is 14.6. The average Bonchev–Trinajstić information content (AvgIpc) is 2.68. The molecule has 1 heterocycles. The first kappa shape index (κ1) is 8.94. The van der Waals surface area contributed by atoms with Gasteiger partial charge >= 0.3 is 0 Å². The van der Waals surface area contributed by atoms with Gasteiger partial charge in [0.25, 0.3) is 0 Å². The van der Waals surface area contributed by atoms with Crippen LogP contribution in [0.2, 0.25) is 0 Å². The maximum absolute atomic E-state index is 10.3. The number of carbonyl (C=O) groups is 1. The summed E-state index contributed by atoms with van der Waals surface area (Å²) in [6.45, 7) is 0.517. The quantitative estimate of drug-likeness (QED) is 0.674. The van der Waals surface area contributed by atoms with Gasteiger partial charge in [-0.1, -0.05) is 18.2 Å². The summed E-state index contributed by atoms with van der Waals surface area (Å²) in [6, 6.07) is 9.72.